The molecule has 4 rings (SSSR count). The predicted molar refractivity (Wildman–Crippen MR) is 104 cm³/mol. The maximum absolute atomic E-state index is 13.0. The molecule has 2 aromatic rings. The summed E-state index contributed by atoms with van der Waals surface area (Å²) < 4.78 is 0. The monoisotopic (exact) mass is 382 g/mol. The normalized spacial score (nSPS) is 18.2. The second-order valence-corrected chi connectivity index (χ2v) is 7.67. The Bertz CT molecular complexity index is 912. The fourth-order valence-electron chi connectivity index (χ4n) is 4.62. The highest BCUT2D eigenvalue weighted by Crippen LogP contribution is 2.43. The van der Waals surface area contributed by atoms with Crippen molar-refractivity contribution in [3.8, 4) is 5.75 Å². The summed E-state index contributed by atoms with van der Waals surface area (Å²) in [6.45, 7) is 5.38. The summed E-state index contributed by atoms with van der Waals surface area (Å²) in [5, 5.41) is 10.3. The number of rotatable bonds is 2. The molecule has 2 aliphatic heterocycles. The fraction of sp³-hybridized carbons (Fsp3) is 0.476. The standard InChI is InChI=1S/C21H26N4O3/c1-3-17(26)25-10-7-16-19(23-13-22-16)21(25)8-11-24(12-9-21)20(28)15-6-4-5-14(2)18(15)27/h4-6,13,27H,3,7-12H2,1-2H3,(H,22,23). The number of piperidine rings is 1. The van der Waals surface area contributed by atoms with Gasteiger partial charge in [0, 0.05) is 38.2 Å². The van der Waals surface area contributed by atoms with Gasteiger partial charge in [0.05, 0.1) is 23.1 Å². The minimum absolute atomic E-state index is 0.0443. The summed E-state index contributed by atoms with van der Waals surface area (Å²) in [4.78, 5) is 37.2. The number of imidazole rings is 1. The van der Waals surface area contributed by atoms with Crippen molar-refractivity contribution >= 4 is 11.8 Å². The fourth-order valence-corrected chi connectivity index (χ4v) is 4.62. The number of nitrogens with one attached hydrogen (secondary N) is 1. The van der Waals surface area contributed by atoms with Crippen molar-refractivity contribution < 1.29 is 14.7 Å². The lowest BCUT2D eigenvalue weighted by Gasteiger charge is -2.50. The van der Waals surface area contributed by atoms with Crippen LogP contribution >= 0.6 is 0 Å². The molecular weight excluding hydrogens is 356 g/mol. The van der Waals surface area contributed by atoms with Gasteiger partial charge in [0.2, 0.25) is 5.91 Å². The van der Waals surface area contributed by atoms with Crippen molar-refractivity contribution in [3.05, 3.63) is 47.0 Å². The van der Waals surface area contributed by atoms with Crippen molar-refractivity contribution in [1.82, 2.24) is 19.8 Å². The van der Waals surface area contributed by atoms with Crippen LogP contribution < -0.4 is 0 Å². The molecule has 1 saturated heterocycles. The average Bonchev–Trinajstić information content (AvgIpc) is 3.20. The number of H-pyrrole nitrogens is 1. The van der Waals surface area contributed by atoms with Crippen LogP contribution in [0.4, 0.5) is 0 Å². The number of phenolic OH excluding ortho intramolecular Hbond substituents is 1. The van der Waals surface area contributed by atoms with Gasteiger partial charge < -0.3 is 19.9 Å². The van der Waals surface area contributed by atoms with Gasteiger partial charge in [0.25, 0.3) is 5.91 Å². The van der Waals surface area contributed by atoms with E-state index in [2.05, 4.69) is 9.97 Å². The van der Waals surface area contributed by atoms with Gasteiger partial charge in [-0.2, -0.15) is 0 Å². The Morgan fingerprint density at radius 3 is 2.71 bits per heavy atom. The van der Waals surface area contributed by atoms with E-state index in [1.165, 1.54) is 0 Å². The lowest BCUT2D eigenvalue weighted by Crippen LogP contribution is -2.58. The van der Waals surface area contributed by atoms with Crippen LogP contribution in [0, 0.1) is 6.92 Å². The topological polar surface area (TPSA) is 89.5 Å². The zero-order valence-electron chi connectivity index (χ0n) is 16.4. The Morgan fingerprint density at radius 1 is 1.25 bits per heavy atom. The van der Waals surface area contributed by atoms with Crippen LogP contribution in [-0.4, -0.2) is 56.3 Å². The largest absolute Gasteiger partial charge is 0.507 e. The van der Waals surface area contributed by atoms with E-state index in [1.54, 1.807) is 36.4 Å². The summed E-state index contributed by atoms with van der Waals surface area (Å²) >= 11 is 0. The van der Waals surface area contributed by atoms with E-state index in [9.17, 15) is 14.7 Å². The number of aryl methyl sites for hydroxylation is 1. The Balaban J connectivity index is 1.60. The first-order valence-electron chi connectivity index (χ1n) is 9.89. The Labute approximate surface area is 164 Å². The van der Waals surface area contributed by atoms with Gasteiger partial charge >= 0.3 is 0 Å². The minimum Gasteiger partial charge on any atom is -0.507 e. The van der Waals surface area contributed by atoms with Crippen molar-refractivity contribution in [2.45, 2.75) is 45.1 Å². The summed E-state index contributed by atoms with van der Waals surface area (Å²) in [7, 11) is 0. The highest BCUT2D eigenvalue weighted by molar-refractivity contribution is 5.97. The third-order valence-electron chi connectivity index (χ3n) is 6.21. The first kappa shape index (κ1) is 18.5. The molecule has 148 valence electrons. The van der Waals surface area contributed by atoms with E-state index in [0.717, 1.165) is 17.8 Å². The van der Waals surface area contributed by atoms with Gasteiger partial charge in [0.1, 0.15) is 5.75 Å². The molecule has 0 saturated carbocycles. The van der Waals surface area contributed by atoms with Crippen LogP contribution in [-0.2, 0) is 16.8 Å². The van der Waals surface area contributed by atoms with Crippen molar-refractivity contribution in [2.75, 3.05) is 19.6 Å². The molecule has 1 spiro atoms. The van der Waals surface area contributed by atoms with E-state index in [-0.39, 0.29) is 17.6 Å². The molecule has 7 nitrogen and oxygen atoms in total. The number of hydrogen-bond donors (Lipinski definition) is 2. The summed E-state index contributed by atoms with van der Waals surface area (Å²) in [5.74, 6) is 0.00932. The molecule has 7 heteroatoms. The van der Waals surface area contributed by atoms with Crippen LogP contribution in [0.1, 0.15) is 53.5 Å². The molecule has 0 aliphatic carbocycles. The van der Waals surface area contributed by atoms with Crippen molar-refractivity contribution in [3.63, 3.8) is 0 Å². The molecule has 1 aromatic carbocycles. The summed E-state index contributed by atoms with van der Waals surface area (Å²) in [6.07, 6.45) is 4.24. The highest BCUT2D eigenvalue weighted by atomic mass is 16.3. The Hall–Kier alpha value is -2.83. The number of carbonyl (C=O) groups excluding carboxylic acids is 2. The summed E-state index contributed by atoms with van der Waals surface area (Å²) in [6, 6.07) is 5.23. The number of para-hydroxylation sites is 1. The molecule has 2 amide bonds. The van der Waals surface area contributed by atoms with E-state index in [0.29, 0.717) is 50.0 Å². The number of aromatic hydroxyl groups is 1. The lowest BCUT2D eigenvalue weighted by molar-refractivity contribution is -0.141. The number of fused-ring (bicyclic) bond motifs is 2. The predicted octanol–water partition coefficient (Wildman–Crippen LogP) is 2.35. The Morgan fingerprint density at radius 2 is 2.00 bits per heavy atom. The Kier molecular flexibility index (Phi) is 4.61. The van der Waals surface area contributed by atoms with Gasteiger partial charge in [-0.3, -0.25) is 9.59 Å². The van der Waals surface area contributed by atoms with Crippen LogP contribution in [0.15, 0.2) is 24.5 Å². The van der Waals surface area contributed by atoms with Gasteiger partial charge in [-0.05, 0) is 31.4 Å². The highest BCUT2D eigenvalue weighted by Gasteiger charge is 2.48. The number of benzene rings is 1. The number of nitrogens with zero attached hydrogens (tertiary/aromatic N) is 3. The third kappa shape index (κ3) is 2.77. The van der Waals surface area contributed by atoms with E-state index >= 15 is 0 Å². The number of aromatic amines is 1. The minimum atomic E-state index is -0.452. The molecule has 1 fully saturated rings. The molecule has 0 bridgehead atoms. The van der Waals surface area contributed by atoms with Gasteiger partial charge in [-0.25, -0.2) is 4.98 Å². The van der Waals surface area contributed by atoms with E-state index in [4.69, 9.17) is 0 Å². The third-order valence-corrected chi connectivity index (χ3v) is 6.21. The maximum Gasteiger partial charge on any atom is 0.257 e. The van der Waals surface area contributed by atoms with Gasteiger partial charge in [-0.15, -0.1) is 0 Å². The zero-order chi connectivity index (χ0) is 19.9. The van der Waals surface area contributed by atoms with Crippen LogP contribution in [0.2, 0.25) is 0 Å². The average molecular weight is 382 g/mol. The molecule has 0 atom stereocenters. The lowest BCUT2D eigenvalue weighted by atomic mass is 9.78. The SMILES string of the molecule is CCC(=O)N1CCc2[nH]cnc2C12CCN(C(=O)c1cccc(C)c1O)CC2. The molecule has 3 heterocycles. The second-order valence-electron chi connectivity index (χ2n) is 7.67. The molecule has 1 aromatic heterocycles. The number of carbonyl (C=O) groups is 2. The zero-order valence-corrected chi connectivity index (χ0v) is 16.4. The number of aromatic nitrogens is 2. The molecule has 0 unspecified atom stereocenters. The first-order chi connectivity index (χ1) is 13.5. The van der Waals surface area contributed by atoms with Crippen LogP contribution in [0.5, 0.6) is 5.75 Å². The number of amides is 2. The number of likely N-dealkylation sites (tertiary alicyclic amines) is 1. The molecule has 28 heavy (non-hydrogen) atoms. The first-order valence-corrected chi connectivity index (χ1v) is 9.89. The number of hydrogen-bond acceptors (Lipinski definition) is 4. The second kappa shape index (κ2) is 6.96. The quantitative estimate of drug-likeness (QED) is 0.834. The van der Waals surface area contributed by atoms with E-state index in [1.807, 2.05) is 11.8 Å². The smallest absolute Gasteiger partial charge is 0.257 e. The van der Waals surface area contributed by atoms with Gasteiger partial charge in [-0.1, -0.05) is 19.1 Å². The molecule has 2 N–H and O–H groups in total. The maximum atomic E-state index is 13.0. The molecular formula is C21H26N4O3. The van der Waals surface area contributed by atoms with Crippen LogP contribution in [0.25, 0.3) is 0 Å². The number of phenols is 1. The van der Waals surface area contributed by atoms with E-state index < -0.39 is 5.54 Å². The molecule has 0 radical (unpaired) electrons. The molecule has 2 aliphatic rings. The van der Waals surface area contributed by atoms with Crippen molar-refractivity contribution in [1.29, 1.82) is 0 Å². The summed E-state index contributed by atoms with van der Waals surface area (Å²) in [5.41, 5.74) is 2.61. The van der Waals surface area contributed by atoms with Gasteiger partial charge in [0.15, 0.2) is 0 Å². The van der Waals surface area contributed by atoms with Crippen LogP contribution in [0.3, 0.4) is 0 Å². The van der Waals surface area contributed by atoms with Crippen molar-refractivity contribution in [2.24, 2.45) is 0 Å².